The van der Waals surface area contributed by atoms with Crippen LogP contribution in [0, 0.1) is 0 Å². The molecule has 1 rings (SSSR count). The molecule has 0 unspecified atom stereocenters. The minimum absolute atomic E-state index is 0.252. The number of ether oxygens (including phenoxy) is 1. The van der Waals surface area contributed by atoms with E-state index in [9.17, 15) is 4.79 Å². The van der Waals surface area contributed by atoms with Crippen LogP contribution in [0.5, 0.6) is 0 Å². The van der Waals surface area contributed by atoms with Gasteiger partial charge in [-0.15, -0.1) is 0 Å². The number of aryl methyl sites for hydroxylation is 1. The van der Waals surface area contributed by atoms with Crippen molar-refractivity contribution in [1.82, 2.24) is 5.32 Å². The predicted octanol–water partition coefficient (Wildman–Crippen LogP) is 6.96. The Morgan fingerprint density at radius 1 is 0.700 bits per heavy atom. The normalized spacial score (nSPS) is 10.8. The lowest BCUT2D eigenvalue weighted by Crippen LogP contribution is -2.32. The Morgan fingerprint density at radius 3 is 1.87 bits per heavy atom. The summed E-state index contributed by atoms with van der Waals surface area (Å²) in [4.78, 5) is 11.7. The lowest BCUT2D eigenvalue weighted by molar-refractivity contribution is -0.697. The molecule has 0 aromatic carbocycles. The van der Waals surface area contributed by atoms with Crippen molar-refractivity contribution in [2.45, 2.75) is 116 Å². The van der Waals surface area contributed by atoms with Gasteiger partial charge >= 0.3 is 6.09 Å². The molecule has 30 heavy (non-hydrogen) atoms. The van der Waals surface area contributed by atoms with E-state index in [-0.39, 0.29) is 6.09 Å². The fourth-order valence-corrected chi connectivity index (χ4v) is 3.71. The van der Waals surface area contributed by atoms with Gasteiger partial charge in [0.05, 0.1) is 6.61 Å². The molecule has 1 amide bonds. The van der Waals surface area contributed by atoms with Gasteiger partial charge in [0.15, 0.2) is 12.4 Å². The highest BCUT2D eigenvalue weighted by Crippen LogP contribution is 2.11. The quantitative estimate of drug-likeness (QED) is 0.183. The summed E-state index contributed by atoms with van der Waals surface area (Å²) in [6.45, 7) is 4.61. The van der Waals surface area contributed by atoms with Gasteiger partial charge in [-0.25, -0.2) is 9.36 Å². The molecule has 0 saturated heterocycles. The topological polar surface area (TPSA) is 42.2 Å². The highest BCUT2D eigenvalue weighted by atomic mass is 16.5. The zero-order valence-corrected chi connectivity index (χ0v) is 19.6. The molecule has 172 valence electrons. The summed E-state index contributed by atoms with van der Waals surface area (Å²) >= 11 is 0. The lowest BCUT2D eigenvalue weighted by Gasteiger charge is -2.07. The zero-order chi connectivity index (χ0) is 21.5. The van der Waals surface area contributed by atoms with Crippen LogP contribution in [0.25, 0.3) is 0 Å². The number of pyridine rings is 1. The number of carbonyl (C=O) groups is 1. The third-order valence-corrected chi connectivity index (χ3v) is 5.62. The molecule has 4 heteroatoms. The summed E-state index contributed by atoms with van der Waals surface area (Å²) in [7, 11) is 0. The van der Waals surface area contributed by atoms with Crippen LogP contribution in [0.3, 0.4) is 0 Å². The van der Waals surface area contributed by atoms with Crippen molar-refractivity contribution in [3.8, 4) is 0 Å². The Labute approximate surface area is 185 Å². The number of hydrogen-bond acceptors (Lipinski definition) is 2. The SMILES string of the molecule is CCCCCCCCCCCCCCOC(=O)NCCCCCC[n+]1ccccc1. The number of hydrogen-bond donors (Lipinski definition) is 1. The molecule has 0 aliphatic heterocycles. The number of rotatable bonds is 20. The fourth-order valence-electron chi connectivity index (χ4n) is 3.71. The van der Waals surface area contributed by atoms with Crippen LogP contribution in [-0.4, -0.2) is 19.2 Å². The van der Waals surface area contributed by atoms with Crippen molar-refractivity contribution in [2.24, 2.45) is 0 Å². The minimum Gasteiger partial charge on any atom is -0.450 e. The van der Waals surface area contributed by atoms with Crippen LogP contribution >= 0.6 is 0 Å². The van der Waals surface area contributed by atoms with Crippen molar-refractivity contribution >= 4 is 6.09 Å². The highest BCUT2D eigenvalue weighted by molar-refractivity contribution is 5.66. The van der Waals surface area contributed by atoms with Gasteiger partial charge in [-0.2, -0.15) is 0 Å². The number of aromatic nitrogens is 1. The number of unbranched alkanes of at least 4 members (excludes halogenated alkanes) is 14. The van der Waals surface area contributed by atoms with Gasteiger partial charge in [-0.1, -0.05) is 90.0 Å². The van der Waals surface area contributed by atoms with E-state index in [1.165, 1.54) is 83.5 Å². The average Bonchev–Trinajstić information content (AvgIpc) is 2.77. The van der Waals surface area contributed by atoms with E-state index in [2.05, 4.69) is 41.3 Å². The molecule has 1 aromatic heterocycles. The summed E-state index contributed by atoms with van der Waals surface area (Å²) in [5, 5.41) is 2.87. The molecule has 1 heterocycles. The second-order valence-electron chi connectivity index (χ2n) is 8.48. The van der Waals surface area contributed by atoms with Gasteiger partial charge in [-0.05, 0) is 19.3 Å². The number of amides is 1. The maximum absolute atomic E-state index is 11.7. The first-order valence-corrected chi connectivity index (χ1v) is 12.7. The Hall–Kier alpha value is -1.58. The van der Waals surface area contributed by atoms with Crippen LogP contribution in [0.15, 0.2) is 30.6 Å². The molecule has 0 fully saturated rings. The third-order valence-electron chi connectivity index (χ3n) is 5.62. The van der Waals surface area contributed by atoms with Crippen LogP contribution in [-0.2, 0) is 11.3 Å². The van der Waals surface area contributed by atoms with Crippen LogP contribution in [0.2, 0.25) is 0 Å². The van der Waals surface area contributed by atoms with Gasteiger partial charge < -0.3 is 10.1 Å². The number of nitrogens with zero attached hydrogens (tertiary/aromatic N) is 1. The van der Waals surface area contributed by atoms with E-state index < -0.39 is 0 Å². The number of nitrogens with one attached hydrogen (secondary N) is 1. The molecule has 4 nitrogen and oxygen atoms in total. The Morgan fingerprint density at radius 2 is 1.23 bits per heavy atom. The molecule has 0 aliphatic carbocycles. The van der Waals surface area contributed by atoms with E-state index in [0.717, 1.165) is 32.4 Å². The first kappa shape index (κ1) is 26.5. The monoisotopic (exact) mass is 419 g/mol. The molecular formula is C26H47N2O2+. The van der Waals surface area contributed by atoms with E-state index in [4.69, 9.17) is 4.74 Å². The van der Waals surface area contributed by atoms with Crippen molar-refractivity contribution in [1.29, 1.82) is 0 Å². The maximum atomic E-state index is 11.7. The largest absolute Gasteiger partial charge is 0.450 e. The highest BCUT2D eigenvalue weighted by Gasteiger charge is 2.02. The summed E-state index contributed by atoms with van der Waals surface area (Å²) in [6.07, 6.45) is 24.4. The third kappa shape index (κ3) is 17.3. The second-order valence-corrected chi connectivity index (χ2v) is 8.48. The van der Waals surface area contributed by atoms with E-state index >= 15 is 0 Å². The molecule has 0 atom stereocenters. The predicted molar refractivity (Wildman–Crippen MR) is 126 cm³/mol. The Bertz CT molecular complexity index is 493. The molecule has 0 aliphatic rings. The molecule has 1 aromatic rings. The van der Waals surface area contributed by atoms with Crippen LogP contribution in [0.4, 0.5) is 4.79 Å². The fraction of sp³-hybridized carbons (Fsp3) is 0.769. The van der Waals surface area contributed by atoms with Gasteiger partial charge in [-0.3, -0.25) is 0 Å². The molecule has 0 radical (unpaired) electrons. The van der Waals surface area contributed by atoms with Crippen molar-refractivity contribution in [2.75, 3.05) is 13.2 Å². The Balaban J connectivity index is 1.75. The molecule has 0 saturated carbocycles. The summed E-state index contributed by atoms with van der Waals surface area (Å²) < 4.78 is 7.48. The second kappa shape index (κ2) is 20.7. The smallest absolute Gasteiger partial charge is 0.407 e. The first-order valence-electron chi connectivity index (χ1n) is 12.7. The zero-order valence-electron chi connectivity index (χ0n) is 19.6. The van der Waals surface area contributed by atoms with Crippen molar-refractivity contribution in [3.05, 3.63) is 30.6 Å². The van der Waals surface area contributed by atoms with Crippen molar-refractivity contribution in [3.63, 3.8) is 0 Å². The van der Waals surface area contributed by atoms with E-state index in [0.29, 0.717) is 6.61 Å². The van der Waals surface area contributed by atoms with E-state index in [1.807, 2.05) is 6.07 Å². The van der Waals surface area contributed by atoms with Crippen LogP contribution < -0.4 is 9.88 Å². The number of alkyl carbamates (subject to hydrolysis) is 1. The average molecular weight is 420 g/mol. The molecule has 0 spiro atoms. The minimum atomic E-state index is -0.252. The van der Waals surface area contributed by atoms with Gasteiger partial charge in [0.25, 0.3) is 0 Å². The summed E-state index contributed by atoms with van der Waals surface area (Å²) in [6, 6.07) is 6.17. The number of carbonyl (C=O) groups excluding carboxylic acids is 1. The van der Waals surface area contributed by atoms with Gasteiger partial charge in [0, 0.05) is 25.1 Å². The molecule has 0 bridgehead atoms. The standard InChI is InChI=1S/C26H46N2O2/c1-2-3-4-5-6-7-8-9-10-11-14-20-25-30-26(29)27-21-16-12-13-17-22-28-23-18-15-19-24-28/h15,18-19,23-24H,2-14,16-17,20-22,25H2,1H3/p+1. The molecular weight excluding hydrogens is 372 g/mol. The van der Waals surface area contributed by atoms with Gasteiger partial charge in [0.2, 0.25) is 0 Å². The van der Waals surface area contributed by atoms with Crippen LogP contribution in [0.1, 0.15) is 110 Å². The maximum Gasteiger partial charge on any atom is 0.407 e. The summed E-state index contributed by atoms with van der Waals surface area (Å²) in [5.74, 6) is 0. The Kier molecular flexibility index (Phi) is 18.2. The van der Waals surface area contributed by atoms with Gasteiger partial charge in [0.1, 0.15) is 6.54 Å². The summed E-state index contributed by atoms with van der Waals surface area (Å²) in [5.41, 5.74) is 0. The van der Waals surface area contributed by atoms with Crippen molar-refractivity contribution < 1.29 is 14.1 Å². The molecule has 1 N–H and O–H groups in total. The lowest BCUT2D eigenvalue weighted by atomic mass is 10.1. The first-order chi connectivity index (χ1) is 14.8. The van der Waals surface area contributed by atoms with E-state index in [1.54, 1.807) is 0 Å².